The molecule has 0 spiro atoms. The van der Waals surface area contributed by atoms with Crippen LogP contribution in [0.5, 0.6) is 0 Å². The molecule has 15 heavy (non-hydrogen) atoms. The predicted octanol–water partition coefficient (Wildman–Crippen LogP) is 2.68. The predicted molar refractivity (Wildman–Crippen MR) is 60.9 cm³/mol. The number of benzene rings is 2. The van der Waals surface area contributed by atoms with E-state index in [-0.39, 0.29) is 0 Å². The third kappa shape index (κ3) is 1.17. The fraction of sp³-hybridized carbons (Fsp3) is 0.154. The molecule has 0 unspecified atom stereocenters. The first-order valence-electron chi connectivity index (χ1n) is 5.08. The smallest absolute Gasteiger partial charge is 0.0991 e. The van der Waals surface area contributed by atoms with Gasteiger partial charge in [0.05, 0.1) is 11.6 Å². The summed E-state index contributed by atoms with van der Waals surface area (Å²) >= 11 is 0. The lowest BCUT2D eigenvalue weighted by Crippen LogP contribution is -1.90. The van der Waals surface area contributed by atoms with E-state index in [0.717, 1.165) is 23.9 Å². The highest BCUT2D eigenvalue weighted by Crippen LogP contribution is 2.30. The summed E-state index contributed by atoms with van der Waals surface area (Å²) in [5, 5.41) is 14.6. The van der Waals surface area contributed by atoms with E-state index in [1.807, 2.05) is 12.1 Å². The van der Waals surface area contributed by atoms with Crippen molar-refractivity contribution < 1.29 is 0 Å². The fourth-order valence-corrected chi connectivity index (χ4v) is 2.22. The summed E-state index contributed by atoms with van der Waals surface area (Å²) in [6.45, 7) is 1.02. The average molecular weight is 194 g/mol. The zero-order chi connectivity index (χ0) is 10.3. The van der Waals surface area contributed by atoms with Crippen LogP contribution in [-0.2, 0) is 6.42 Å². The summed E-state index contributed by atoms with van der Waals surface area (Å²) in [6.07, 6.45) is 1.08. The summed E-state index contributed by atoms with van der Waals surface area (Å²) in [6, 6.07) is 12.2. The molecule has 2 heteroatoms. The van der Waals surface area contributed by atoms with Gasteiger partial charge in [-0.15, -0.1) is 0 Å². The van der Waals surface area contributed by atoms with Crippen molar-refractivity contribution in [1.29, 1.82) is 5.26 Å². The molecule has 0 saturated heterocycles. The lowest BCUT2D eigenvalue weighted by molar-refractivity contribution is 1.11. The van der Waals surface area contributed by atoms with Gasteiger partial charge in [-0.05, 0) is 41.0 Å². The van der Waals surface area contributed by atoms with Gasteiger partial charge in [-0.25, -0.2) is 0 Å². The highest BCUT2D eigenvalue weighted by molar-refractivity contribution is 5.91. The van der Waals surface area contributed by atoms with E-state index in [1.54, 1.807) is 0 Å². The van der Waals surface area contributed by atoms with Gasteiger partial charge in [0.15, 0.2) is 0 Å². The minimum Gasteiger partial charge on any atom is -0.384 e. The second kappa shape index (κ2) is 2.99. The topological polar surface area (TPSA) is 35.8 Å². The van der Waals surface area contributed by atoms with Crippen LogP contribution >= 0.6 is 0 Å². The number of nitrogens with one attached hydrogen (secondary N) is 1. The van der Waals surface area contributed by atoms with E-state index >= 15 is 0 Å². The van der Waals surface area contributed by atoms with Gasteiger partial charge >= 0.3 is 0 Å². The second-order valence-corrected chi connectivity index (χ2v) is 3.82. The van der Waals surface area contributed by atoms with Crippen molar-refractivity contribution in [3.8, 4) is 6.07 Å². The van der Waals surface area contributed by atoms with Crippen molar-refractivity contribution in [3.63, 3.8) is 0 Å². The van der Waals surface area contributed by atoms with Gasteiger partial charge < -0.3 is 5.32 Å². The highest BCUT2D eigenvalue weighted by atomic mass is 14.9. The first-order chi connectivity index (χ1) is 7.38. The van der Waals surface area contributed by atoms with Crippen LogP contribution in [0.25, 0.3) is 10.8 Å². The van der Waals surface area contributed by atoms with Crippen molar-refractivity contribution in [2.45, 2.75) is 6.42 Å². The number of hydrogen-bond acceptors (Lipinski definition) is 2. The quantitative estimate of drug-likeness (QED) is 0.699. The Balaban J connectivity index is 2.35. The van der Waals surface area contributed by atoms with Gasteiger partial charge in [-0.3, -0.25) is 0 Å². The van der Waals surface area contributed by atoms with E-state index < -0.39 is 0 Å². The number of fused-ring (bicyclic) bond motifs is 3. The maximum atomic E-state index is 8.83. The molecule has 1 N–H and O–H groups in total. The Morgan fingerprint density at radius 1 is 1.20 bits per heavy atom. The molecule has 0 fully saturated rings. The first-order valence-corrected chi connectivity index (χ1v) is 5.08. The number of rotatable bonds is 0. The van der Waals surface area contributed by atoms with Crippen LogP contribution in [0.4, 0.5) is 5.69 Å². The van der Waals surface area contributed by atoms with E-state index in [9.17, 15) is 0 Å². The molecule has 1 aliphatic rings. The van der Waals surface area contributed by atoms with Gasteiger partial charge in [0.2, 0.25) is 0 Å². The third-order valence-electron chi connectivity index (χ3n) is 2.95. The molecule has 3 rings (SSSR count). The minimum absolute atomic E-state index is 0.730. The monoisotopic (exact) mass is 194 g/mol. The van der Waals surface area contributed by atoms with Crippen molar-refractivity contribution in [2.75, 3.05) is 11.9 Å². The van der Waals surface area contributed by atoms with Crippen LogP contribution in [0.3, 0.4) is 0 Å². The summed E-state index contributed by atoms with van der Waals surface area (Å²) in [7, 11) is 0. The maximum absolute atomic E-state index is 8.83. The zero-order valence-corrected chi connectivity index (χ0v) is 8.25. The largest absolute Gasteiger partial charge is 0.384 e. The molecule has 0 bridgehead atoms. The molecule has 2 aromatic carbocycles. The lowest BCUT2D eigenvalue weighted by atomic mass is 10.0. The van der Waals surface area contributed by atoms with Crippen molar-refractivity contribution in [1.82, 2.24) is 0 Å². The van der Waals surface area contributed by atoms with Crippen LogP contribution in [0.15, 0.2) is 30.3 Å². The number of nitriles is 1. The molecular weight excluding hydrogens is 184 g/mol. The van der Waals surface area contributed by atoms with Crippen LogP contribution < -0.4 is 5.32 Å². The molecule has 0 saturated carbocycles. The Labute approximate surface area is 88.1 Å². The van der Waals surface area contributed by atoms with Crippen LogP contribution in [0.1, 0.15) is 11.1 Å². The Kier molecular flexibility index (Phi) is 1.66. The van der Waals surface area contributed by atoms with Crippen LogP contribution in [0.2, 0.25) is 0 Å². The van der Waals surface area contributed by atoms with E-state index in [1.165, 1.54) is 16.6 Å². The molecule has 0 atom stereocenters. The van der Waals surface area contributed by atoms with Crippen molar-refractivity contribution in [2.24, 2.45) is 0 Å². The number of hydrogen-bond donors (Lipinski definition) is 1. The summed E-state index contributed by atoms with van der Waals surface area (Å²) in [5.74, 6) is 0. The van der Waals surface area contributed by atoms with Crippen LogP contribution in [0, 0.1) is 11.3 Å². The third-order valence-corrected chi connectivity index (χ3v) is 2.95. The average Bonchev–Trinajstić information content (AvgIpc) is 2.76. The van der Waals surface area contributed by atoms with Gasteiger partial charge in [-0.1, -0.05) is 12.1 Å². The summed E-state index contributed by atoms with van der Waals surface area (Å²) < 4.78 is 0. The highest BCUT2D eigenvalue weighted by Gasteiger charge is 2.12. The normalized spacial score (nSPS) is 13.3. The van der Waals surface area contributed by atoms with Gasteiger partial charge in [0.25, 0.3) is 0 Å². The van der Waals surface area contributed by atoms with Crippen molar-refractivity contribution >= 4 is 16.5 Å². The number of nitrogens with zero attached hydrogens (tertiary/aromatic N) is 1. The first kappa shape index (κ1) is 8.31. The molecule has 0 radical (unpaired) electrons. The Hall–Kier alpha value is -2.01. The molecule has 72 valence electrons. The van der Waals surface area contributed by atoms with Gasteiger partial charge in [0, 0.05) is 12.2 Å². The molecule has 2 nitrogen and oxygen atoms in total. The molecular formula is C13H10N2. The maximum Gasteiger partial charge on any atom is 0.0991 e. The number of anilines is 1. The Morgan fingerprint density at radius 3 is 3.00 bits per heavy atom. The van der Waals surface area contributed by atoms with Gasteiger partial charge in [-0.2, -0.15) is 5.26 Å². The van der Waals surface area contributed by atoms with Gasteiger partial charge in [0.1, 0.15) is 0 Å². The SMILES string of the molecule is N#Cc1ccc2c3c(ccc2c1)NCC3. The molecule has 0 amide bonds. The second-order valence-electron chi connectivity index (χ2n) is 3.82. The molecule has 1 heterocycles. The molecule has 0 aromatic heterocycles. The van der Waals surface area contributed by atoms with Crippen LogP contribution in [-0.4, -0.2) is 6.54 Å². The van der Waals surface area contributed by atoms with E-state index in [4.69, 9.17) is 5.26 Å². The van der Waals surface area contributed by atoms with E-state index in [0.29, 0.717) is 0 Å². The lowest BCUT2D eigenvalue weighted by Gasteiger charge is -2.04. The Bertz CT molecular complexity index is 579. The molecule has 1 aliphatic heterocycles. The zero-order valence-electron chi connectivity index (χ0n) is 8.25. The Morgan fingerprint density at radius 2 is 2.13 bits per heavy atom. The summed E-state index contributed by atoms with van der Waals surface area (Å²) in [5.41, 5.74) is 3.36. The summed E-state index contributed by atoms with van der Waals surface area (Å²) in [4.78, 5) is 0. The molecule has 2 aromatic rings. The fourth-order valence-electron chi connectivity index (χ4n) is 2.22. The van der Waals surface area contributed by atoms with Crippen molar-refractivity contribution in [3.05, 3.63) is 41.5 Å². The standard InChI is InChI=1S/C13H10N2/c14-8-9-1-3-11-10(7-9)2-4-13-12(11)5-6-15-13/h1-4,7,15H,5-6H2. The minimum atomic E-state index is 0.730. The molecule has 0 aliphatic carbocycles. The van der Waals surface area contributed by atoms with E-state index in [2.05, 4.69) is 29.6 Å².